The van der Waals surface area contributed by atoms with Crippen molar-refractivity contribution in [3.63, 3.8) is 0 Å². The third-order valence-corrected chi connectivity index (χ3v) is 2.20. The number of carbonyl (C=O) groups is 1. The van der Waals surface area contributed by atoms with Gasteiger partial charge in [-0.15, -0.1) is 0 Å². The lowest BCUT2D eigenvalue weighted by atomic mass is 10.2. The Hall–Kier alpha value is -2.11. The maximum Gasteiger partial charge on any atom is 0.249 e. The van der Waals surface area contributed by atoms with Gasteiger partial charge in [-0.3, -0.25) is 4.79 Å². The average Bonchev–Trinajstić information content (AvgIpc) is 2.37. The van der Waals surface area contributed by atoms with E-state index in [4.69, 9.17) is 16.0 Å². The van der Waals surface area contributed by atoms with Gasteiger partial charge in [-0.25, -0.2) is 4.39 Å². The van der Waals surface area contributed by atoms with Crippen molar-refractivity contribution >= 4 is 5.91 Å². The molecular weight excluding hydrogens is 239 g/mol. The number of azide groups is 1. The summed E-state index contributed by atoms with van der Waals surface area (Å²) in [5, 5.41) is 3.05. The van der Waals surface area contributed by atoms with Gasteiger partial charge in [-0.2, -0.15) is 0 Å². The van der Waals surface area contributed by atoms with Gasteiger partial charge in [0.1, 0.15) is 6.17 Å². The largest absolute Gasteiger partial charge is 0.367 e. The van der Waals surface area contributed by atoms with Gasteiger partial charge in [0.15, 0.2) is 6.10 Å². The van der Waals surface area contributed by atoms with Crippen molar-refractivity contribution in [2.24, 2.45) is 10.8 Å². The first-order valence-electron chi connectivity index (χ1n) is 5.25. The summed E-state index contributed by atoms with van der Waals surface area (Å²) in [6.45, 7) is -0.427. The van der Waals surface area contributed by atoms with Crippen LogP contribution in [0.15, 0.2) is 35.4 Å². The molecule has 0 aliphatic heterocycles. The van der Waals surface area contributed by atoms with E-state index in [1.165, 1.54) is 0 Å². The van der Waals surface area contributed by atoms with E-state index in [0.717, 1.165) is 5.56 Å². The molecule has 0 aromatic heterocycles. The van der Waals surface area contributed by atoms with E-state index >= 15 is 0 Å². The minimum Gasteiger partial charge on any atom is -0.367 e. The Morgan fingerprint density at radius 2 is 2.17 bits per heavy atom. The second-order valence-electron chi connectivity index (χ2n) is 3.55. The summed E-state index contributed by atoms with van der Waals surface area (Å²) in [6, 6.07) is 8.97. The molecule has 0 saturated heterocycles. The number of benzene rings is 1. The average molecular weight is 252 g/mol. The first-order chi connectivity index (χ1) is 8.65. The van der Waals surface area contributed by atoms with Crippen molar-refractivity contribution in [3.8, 4) is 0 Å². The van der Waals surface area contributed by atoms with Crippen molar-refractivity contribution < 1.29 is 13.9 Å². The smallest absolute Gasteiger partial charge is 0.249 e. The number of nitrogens with zero attached hydrogens (tertiary/aromatic N) is 3. The first kappa shape index (κ1) is 14.0. The van der Waals surface area contributed by atoms with Crippen LogP contribution in [0.1, 0.15) is 5.56 Å². The molecular formula is C11H13FN4O2. The number of alkyl halides is 1. The highest BCUT2D eigenvalue weighted by atomic mass is 19.1. The zero-order valence-corrected chi connectivity index (χ0v) is 9.57. The molecule has 0 saturated carbocycles. The number of hydrogen-bond donors (Lipinski definition) is 1. The van der Waals surface area contributed by atoms with Crippen LogP contribution in [0.5, 0.6) is 0 Å². The number of hydrogen-bond acceptors (Lipinski definition) is 3. The van der Waals surface area contributed by atoms with E-state index in [9.17, 15) is 9.18 Å². The van der Waals surface area contributed by atoms with Gasteiger partial charge in [-0.05, 0) is 11.1 Å². The molecule has 0 unspecified atom stereocenters. The molecule has 1 aromatic rings. The molecule has 2 N–H and O–H groups in total. The lowest BCUT2D eigenvalue weighted by Crippen LogP contribution is -2.40. The van der Waals surface area contributed by atoms with E-state index in [2.05, 4.69) is 10.0 Å². The number of primary amides is 1. The fraction of sp³-hybridized carbons (Fsp3) is 0.364. The van der Waals surface area contributed by atoms with Crippen LogP contribution >= 0.6 is 0 Å². The van der Waals surface area contributed by atoms with Crippen molar-refractivity contribution in [2.45, 2.75) is 18.9 Å². The van der Waals surface area contributed by atoms with E-state index in [0.29, 0.717) is 0 Å². The van der Waals surface area contributed by atoms with Gasteiger partial charge in [0, 0.05) is 4.91 Å². The highest BCUT2D eigenvalue weighted by molar-refractivity contribution is 5.79. The molecule has 0 bridgehead atoms. The van der Waals surface area contributed by atoms with Gasteiger partial charge in [0.25, 0.3) is 0 Å². The van der Waals surface area contributed by atoms with Crippen LogP contribution in [0.3, 0.4) is 0 Å². The van der Waals surface area contributed by atoms with Gasteiger partial charge in [0.2, 0.25) is 5.91 Å². The van der Waals surface area contributed by atoms with E-state index < -0.39 is 24.7 Å². The summed E-state index contributed by atoms with van der Waals surface area (Å²) in [7, 11) is 0. The molecule has 0 radical (unpaired) electrons. The predicted molar refractivity (Wildman–Crippen MR) is 63.1 cm³/mol. The maximum atomic E-state index is 13.5. The Balaban J connectivity index is 2.58. The van der Waals surface area contributed by atoms with Gasteiger partial charge >= 0.3 is 0 Å². The van der Waals surface area contributed by atoms with Gasteiger partial charge in [0.05, 0.1) is 13.2 Å². The number of ether oxygens (including phenoxy) is 1. The predicted octanol–water partition coefficient (Wildman–Crippen LogP) is 1.71. The number of rotatable bonds is 7. The molecule has 96 valence electrons. The molecule has 0 aliphatic rings. The monoisotopic (exact) mass is 252 g/mol. The molecule has 1 amide bonds. The molecule has 6 nitrogen and oxygen atoms in total. The zero-order valence-electron chi connectivity index (χ0n) is 9.57. The van der Waals surface area contributed by atoms with E-state index in [1.54, 1.807) is 24.3 Å². The summed E-state index contributed by atoms with van der Waals surface area (Å²) < 4.78 is 18.6. The summed E-state index contributed by atoms with van der Waals surface area (Å²) in [5.74, 6) is -0.924. The Kier molecular flexibility index (Phi) is 5.63. The second-order valence-corrected chi connectivity index (χ2v) is 3.55. The summed E-state index contributed by atoms with van der Waals surface area (Å²) >= 11 is 0. The number of nitrogens with two attached hydrogens (primary N) is 1. The van der Waals surface area contributed by atoms with Crippen molar-refractivity contribution in [1.82, 2.24) is 0 Å². The lowest BCUT2D eigenvalue weighted by Gasteiger charge is -2.17. The van der Waals surface area contributed by atoms with Gasteiger partial charge < -0.3 is 10.5 Å². The molecule has 2 atom stereocenters. The van der Waals surface area contributed by atoms with Crippen LogP contribution < -0.4 is 5.73 Å². The fourth-order valence-corrected chi connectivity index (χ4v) is 1.34. The maximum absolute atomic E-state index is 13.5. The Morgan fingerprint density at radius 3 is 2.72 bits per heavy atom. The standard InChI is InChI=1S/C11H13FN4O2/c12-9(6-15-16-14)10(11(13)17)18-7-8-4-2-1-3-5-8/h1-5,9-10H,6-7H2,(H2,13,17)/t9-,10+/m0/s1. The molecule has 7 heteroatoms. The number of carbonyl (C=O) groups excluding carboxylic acids is 1. The Morgan fingerprint density at radius 1 is 1.50 bits per heavy atom. The van der Waals surface area contributed by atoms with Crippen LogP contribution in [0.4, 0.5) is 4.39 Å². The molecule has 0 heterocycles. The van der Waals surface area contributed by atoms with Crippen molar-refractivity contribution in [1.29, 1.82) is 0 Å². The molecule has 18 heavy (non-hydrogen) atoms. The highest BCUT2D eigenvalue weighted by Gasteiger charge is 2.26. The first-order valence-corrected chi connectivity index (χ1v) is 5.25. The highest BCUT2D eigenvalue weighted by Crippen LogP contribution is 2.09. The lowest BCUT2D eigenvalue weighted by molar-refractivity contribution is -0.134. The number of amides is 1. The summed E-state index contributed by atoms with van der Waals surface area (Å²) in [6.07, 6.45) is -3.17. The molecule has 1 aromatic carbocycles. The van der Waals surface area contributed by atoms with Crippen molar-refractivity contribution in [2.75, 3.05) is 6.54 Å². The summed E-state index contributed by atoms with van der Waals surface area (Å²) in [5.41, 5.74) is 13.9. The topological polar surface area (TPSA) is 101 Å². The third kappa shape index (κ3) is 4.40. The van der Waals surface area contributed by atoms with E-state index in [-0.39, 0.29) is 6.61 Å². The van der Waals surface area contributed by atoms with Crippen LogP contribution in [-0.2, 0) is 16.1 Å². The minimum atomic E-state index is -1.75. The van der Waals surface area contributed by atoms with Gasteiger partial charge in [-0.1, -0.05) is 35.4 Å². The van der Waals surface area contributed by atoms with Crippen LogP contribution in [0.2, 0.25) is 0 Å². The third-order valence-electron chi connectivity index (χ3n) is 2.20. The molecule has 0 fully saturated rings. The molecule has 0 aliphatic carbocycles. The summed E-state index contributed by atoms with van der Waals surface area (Å²) in [4.78, 5) is 13.5. The second kappa shape index (κ2) is 7.26. The normalized spacial score (nSPS) is 13.4. The molecule has 1 rings (SSSR count). The fourth-order valence-electron chi connectivity index (χ4n) is 1.34. The molecule has 0 spiro atoms. The minimum absolute atomic E-state index is 0.0606. The Labute approximate surface area is 103 Å². The number of halogens is 1. The quantitative estimate of drug-likeness (QED) is 0.453. The Bertz CT molecular complexity index is 434. The van der Waals surface area contributed by atoms with E-state index in [1.807, 2.05) is 6.07 Å². The van der Waals surface area contributed by atoms with Crippen molar-refractivity contribution in [3.05, 3.63) is 46.3 Å². The zero-order chi connectivity index (χ0) is 13.4. The SMILES string of the molecule is [N-]=[N+]=NC[C@H](F)[C@@H](OCc1ccccc1)C(N)=O. The van der Waals surface area contributed by atoms with Crippen LogP contribution in [-0.4, -0.2) is 24.7 Å². The van der Waals surface area contributed by atoms with Crippen LogP contribution in [0, 0.1) is 0 Å². The van der Waals surface area contributed by atoms with Crippen LogP contribution in [0.25, 0.3) is 10.4 Å².